The molecule has 0 atom stereocenters. The highest BCUT2D eigenvalue weighted by atomic mass is 15.0. The van der Waals surface area contributed by atoms with Crippen molar-refractivity contribution in [2.45, 2.75) is 20.8 Å². The molecule has 3 heterocycles. The van der Waals surface area contributed by atoms with Crippen LogP contribution in [0, 0.1) is 20.8 Å². The van der Waals surface area contributed by atoms with Crippen molar-refractivity contribution in [2.24, 2.45) is 5.73 Å². The quantitative estimate of drug-likeness (QED) is 0.247. The number of rotatable bonds is 4. The second-order valence-electron chi connectivity index (χ2n) is 10.4. The lowest BCUT2D eigenvalue weighted by molar-refractivity contribution is 1.09. The van der Waals surface area contributed by atoms with Crippen LogP contribution in [-0.4, -0.2) is 14.1 Å². The molecule has 0 aliphatic rings. The number of hydrogen-bond donors (Lipinski definition) is 2. The van der Waals surface area contributed by atoms with E-state index in [-0.39, 0.29) is 0 Å². The minimum absolute atomic E-state index is 1.10. The van der Waals surface area contributed by atoms with E-state index < -0.39 is 0 Å². The van der Waals surface area contributed by atoms with Crippen molar-refractivity contribution in [1.82, 2.24) is 14.1 Å². The maximum atomic E-state index is 5.89. The maximum absolute atomic E-state index is 5.89. The van der Waals surface area contributed by atoms with E-state index in [4.69, 9.17) is 5.73 Å². The van der Waals surface area contributed by atoms with Crippen molar-refractivity contribution in [3.05, 3.63) is 126 Å². The number of aryl methyl sites for hydroxylation is 3. The van der Waals surface area contributed by atoms with E-state index in [0.29, 0.717) is 0 Å². The van der Waals surface area contributed by atoms with Crippen molar-refractivity contribution >= 4 is 38.9 Å². The predicted octanol–water partition coefficient (Wildman–Crippen LogP) is 8.58. The van der Waals surface area contributed by atoms with E-state index in [0.717, 1.165) is 16.9 Å². The fourth-order valence-electron chi connectivity index (χ4n) is 5.88. The molecule has 0 unspecified atom stereocenters. The Bertz CT molecular complexity index is 2030. The van der Waals surface area contributed by atoms with Crippen molar-refractivity contribution in [3.63, 3.8) is 0 Å². The molecule has 0 spiro atoms. The average Bonchev–Trinajstić information content (AvgIpc) is 3.62. The lowest BCUT2D eigenvalue weighted by atomic mass is 10.0. The van der Waals surface area contributed by atoms with Crippen molar-refractivity contribution < 1.29 is 0 Å². The summed E-state index contributed by atoms with van der Waals surface area (Å²) in [7, 11) is 0. The summed E-state index contributed by atoms with van der Waals surface area (Å²) in [6.45, 7) is 6.42. The lowest BCUT2D eigenvalue weighted by Gasteiger charge is -2.10. The number of nitrogens with two attached hydrogens (primary N) is 1. The van der Waals surface area contributed by atoms with Crippen molar-refractivity contribution in [1.29, 1.82) is 0 Å². The smallest absolute Gasteiger partial charge is 0.0720 e. The molecule has 4 heteroatoms. The number of fused-ring (bicyclic) bond motifs is 4. The zero-order valence-corrected chi connectivity index (χ0v) is 22.4. The normalized spacial score (nSPS) is 12.0. The Balaban J connectivity index is 1.41. The van der Waals surface area contributed by atoms with Gasteiger partial charge in [-0.25, -0.2) is 0 Å². The van der Waals surface area contributed by atoms with Crippen LogP contribution in [0.5, 0.6) is 0 Å². The summed E-state index contributed by atoms with van der Waals surface area (Å²) < 4.78 is 4.63. The van der Waals surface area contributed by atoms with Crippen molar-refractivity contribution in [3.8, 4) is 22.5 Å². The molecule has 190 valence electrons. The molecule has 4 nitrogen and oxygen atoms in total. The van der Waals surface area contributed by atoms with Gasteiger partial charge in [0.2, 0.25) is 0 Å². The number of nitrogens with one attached hydrogen (secondary N) is 1. The first-order chi connectivity index (χ1) is 19.0. The third-order valence-corrected chi connectivity index (χ3v) is 7.91. The van der Waals surface area contributed by atoms with Crippen LogP contribution in [0.25, 0.3) is 61.4 Å². The molecule has 0 aliphatic carbocycles. The first-order valence-electron chi connectivity index (χ1n) is 13.3. The summed E-state index contributed by atoms with van der Waals surface area (Å²) in [6.07, 6.45) is 5.65. The Kier molecular flexibility index (Phi) is 5.24. The molecular weight excluding hydrogens is 476 g/mol. The number of nitrogens with zero attached hydrogens (tertiary/aromatic N) is 2. The number of hydrogen-bond acceptors (Lipinski definition) is 1. The number of aromatic amines is 1. The van der Waals surface area contributed by atoms with Crippen LogP contribution < -0.4 is 5.73 Å². The van der Waals surface area contributed by atoms with Gasteiger partial charge in [-0.3, -0.25) is 0 Å². The molecule has 7 aromatic rings. The molecule has 0 radical (unpaired) electrons. The fourth-order valence-corrected chi connectivity index (χ4v) is 5.88. The molecule has 0 fully saturated rings. The zero-order valence-electron chi connectivity index (χ0n) is 22.4. The molecule has 0 saturated heterocycles. The molecule has 39 heavy (non-hydrogen) atoms. The number of benzene rings is 4. The standard InChI is InChI=1S/C35H30N4/c1-22-4-10-27(11-5-22)38-31(16-18-36)24(3)29-20-25(8-14-32(29)38)26-9-15-33-30(21-26)35-34(17-19-37-35)39(33)28-12-6-23(2)7-13-28/h4-21,37H,36H2,1-3H3/b18-16-. The van der Waals surface area contributed by atoms with Gasteiger partial charge in [-0.05, 0) is 104 Å². The highest BCUT2D eigenvalue weighted by Crippen LogP contribution is 2.37. The van der Waals surface area contributed by atoms with E-state index in [9.17, 15) is 0 Å². The molecule has 0 aliphatic heterocycles. The van der Waals surface area contributed by atoms with Crippen LogP contribution in [0.15, 0.2) is 103 Å². The zero-order chi connectivity index (χ0) is 26.7. The average molecular weight is 507 g/mol. The monoisotopic (exact) mass is 506 g/mol. The molecule has 0 amide bonds. The minimum Gasteiger partial charge on any atom is -0.405 e. The van der Waals surface area contributed by atoms with Gasteiger partial charge >= 0.3 is 0 Å². The molecule has 0 saturated carbocycles. The minimum atomic E-state index is 1.10. The summed E-state index contributed by atoms with van der Waals surface area (Å²) in [5.74, 6) is 0. The van der Waals surface area contributed by atoms with Gasteiger partial charge in [0.05, 0.1) is 27.8 Å². The summed E-state index contributed by atoms with van der Waals surface area (Å²) in [6, 6.07) is 33.1. The largest absolute Gasteiger partial charge is 0.405 e. The molecule has 4 aromatic carbocycles. The Labute approximate surface area is 227 Å². The third kappa shape index (κ3) is 3.60. The first kappa shape index (κ1) is 23.2. The van der Waals surface area contributed by atoms with Gasteiger partial charge in [0.1, 0.15) is 0 Å². The lowest BCUT2D eigenvalue weighted by Crippen LogP contribution is -1.97. The molecule has 7 rings (SSSR count). The summed E-state index contributed by atoms with van der Waals surface area (Å²) in [5, 5.41) is 2.44. The van der Waals surface area contributed by atoms with E-state index in [1.54, 1.807) is 6.20 Å². The number of H-pyrrole nitrogens is 1. The first-order valence-corrected chi connectivity index (χ1v) is 13.3. The van der Waals surface area contributed by atoms with Gasteiger partial charge in [-0.1, -0.05) is 47.5 Å². The maximum Gasteiger partial charge on any atom is 0.0720 e. The van der Waals surface area contributed by atoms with E-state index in [2.05, 4.69) is 126 Å². The van der Waals surface area contributed by atoms with Gasteiger partial charge < -0.3 is 19.9 Å². The Hall–Kier alpha value is -4.96. The van der Waals surface area contributed by atoms with Gasteiger partial charge in [-0.15, -0.1) is 0 Å². The van der Waals surface area contributed by atoms with Gasteiger partial charge in [0, 0.05) is 28.3 Å². The molecule has 3 aromatic heterocycles. The molecular formula is C35H30N4. The second kappa shape index (κ2) is 8.81. The summed E-state index contributed by atoms with van der Waals surface area (Å²) in [5.41, 5.74) is 20.1. The van der Waals surface area contributed by atoms with E-state index in [1.165, 1.54) is 60.8 Å². The van der Waals surface area contributed by atoms with Gasteiger partial charge in [-0.2, -0.15) is 0 Å². The molecule has 0 bridgehead atoms. The Morgan fingerprint density at radius 1 is 0.615 bits per heavy atom. The summed E-state index contributed by atoms with van der Waals surface area (Å²) in [4.78, 5) is 3.48. The van der Waals surface area contributed by atoms with Crippen molar-refractivity contribution in [2.75, 3.05) is 0 Å². The molecule has 3 N–H and O–H groups in total. The SMILES string of the molecule is Cc1ccc(-n2c(/C=C\N)c(C)c3cc(-c4ccc5c(c4)c4[nH]ccc4n5-c4ccc(C)cc4)ccc32)cc1. The van der Waals surface area contributed by atoms with Crippen LogP contribution in [-0.2, 0) is 0 Å². The van der Waals surface area contributed by atoms with E-state index >= 15 is 0 Å². The van der Waals surface area contributed by atoms with E-state index in [1.807, 2.05) is 12.3 Å². The van der Waals surface area contributed by atoms with Crippen LogP contribution in [0.4, 0.5) is 0 Å². The fraction of sp³-hybridized carbons (Fsp3) is 0.0857. The summed E-state index contributed by atoms with van der Waals surface area (Å²) >= 11 is 0. The number of aromatic nitrogens is 3. The van der Waals surface area contributed by atoms with Gasteiger partial charge in [0.25, 0.3) is 0 Å². The van der Waals surface area contributed by atoms with Crippen LogP contribution in [0.3, 0.4) is 0 Å². The highest BCUT2D eigenvalue weighted by Gasteiger charge is 2.17. The van der Waals surface area contributed by atoms with Crippen LogP contribution >= 0.6 is 0 Å². The third-order valence-electron chi connectivity index (χ3n) is 7.91. The Morgan fingerprint density at radius 3 is 1.79 bits per heavy atom. The highest BCUT2D eigenvalue weighted by molar-refractivity contribution is 6.09. The van der Waals surface area contributed by atoms with Crippen LogP contribution in [0.1, 0.15) is 22.4 Å². The second-order valence-corrected chi connectivity index (χ2v) is 10.4. The predicted molar refractivity (Wildman–Crippen MR) is 165 cm³/mol. The van der Waals surface area contributed by atoms with Crippen LogP contribution in [0.2, 0.25) is 0 Å². The Morgan fingerprint density at radius 2 is 1.18 bits per heavy atom. The van der Waals surface area contributed by atoms with Gasteiger partial charge in [0.15, 0.2) is 0 Å². The topological polar surface area (TPSA) is 51.7 Å².